The molecule has 2 aliphatic heterocycles. The predicted octanol–water partition coefficient (Wildman–Crippen LogP) is 1.30. The van der Waals surface area contributed by atoms with E-state index in [4.69, 9.17) is 10.5 Å². The highest BCUT2D eigenvalue weighted by Gasteiger charge is 2.47. The molecule has 0 amide bonds. The van der Waals surface area contributed by atoms with E-state index in [0.717, 1.165) is 26.2 Å². The molecule has 112 valence electrons. The van der Waals surface area contributed by atoms with Gasteiger partial charge in [-0.05, 0) is 54.1 Å². The summed E-state index contributed by atoms with van der Waals surface area (Å²) in [6, 6.07) is 0. The summed E-state index contributed by atoms with van der Waals surface area (Å²) in [7, 11) is 2.21. The summed E-state index contributed by atoms with van der Waals surface area (Å²) in [5.41, 5.74) is 6.14. The SMILES string of the molecule is CN1CCCC(CN)(N2CC(C)(C)OC(C)(C)C2)C1. The molecule has 4 heteroatoms. The molecule has 0 aromatic carbocycles. The summed E-state index contributed by atoms with van der Waals surface area (Å²) in [6.07, 6.45) is 2.45. The summed E-state index contributed by atoms with van der Waals surface area (Å²) in [5, 5.41) is 0. The number of likely N-dealkylation sites (N-methyl/N-ethyl adjacent to an activating group) is 1. The van der Waals surface area contributed by atoms with Gasteiger partial charge in [0.05, 0.1) is 11.2 Å². The lowest BCUT2D eigenvalue weighted by Crippen LogP contribution is -2.69. The third kappa shape index (κ3) is 3.30. The van der Waals surface area contributed by atoms with Crippen LogP contribution in [0.5, 0.6) is 0 Å². The molecule has 0 aliphatic carbocycles. The van der Waals surface area contributed by atoms with Crippen LogP contribution in [0, 0.1) is 0 Å². The van der Waals surface area contributed by atoms with Gasteiger partial charge in [-0.25, -0.2) is 0 Å². The van der Waals surface area contributed by atoms with Crippen LogP contribution in [0.3, 0.4) is 0 Å². The molecule has 1 unspecified atom stereocenters. The summed E-state index contributed by atoms with van der Waals surface area (Å²) in [5.74, 6) is 0. The predicted molar refractivity (Wildman–Crippen MR) is 79.3 cm³/mol. The first-order valence-electron chi connectivity index (χ1n) is 7.52. The van der Waals surface area contributed by atoms with Gasteiger partial charge in [0.15, 0.2) is 0 Å². The minimum atomic E-state index is -0.0973. The molecule has 2 aliphatic rings. The molecule has 2 N–H and O–H groups in total. The van der Waals surface area contributed by atoms with Crippen LogP contribution in [0.1, 0.15) is 40.5 Å². The van der Waals surface area contributed by atoms with Crippen molar-refractivity contribution in [2.45, 2.75) is 57.3 Å². The Labute approximate surface area is 118 Å². The van der Waals surface area contributed by atoms with Crippen molar-refractivity contribution in [3.8, 4) is 0 Å². The fourth-order valence-corrected chi connectivity index (χ4v) is 4.02. The monoisotopic (exact) mass is 269 g/mol. The summed E-state index contributed by atoms with van der Waals surface area (Å²) in [4.78, 5) is 5.03. The van der Waals surface area contributed by atoms with E-state index in [1.54, 1.807) is 0 Å². The second kappa shape index (κ2) is 4.99. The van der Waals surface area contributed by atoms with Crippen molar-refractivity contribution in [3.05, 3.63) is 0 Å². The van der Waals surface area contributed by atoms with Crippen LogP contribution in [-0.2, 0) is 4.74 Å². The first kappa shape index (κ1) is 15.2. The van der Waals surface area contributed by atoms with Crippen molar-refractivity contribution in [2.75, 3.05) is 39.8 Å². The summed E-state index contributed by atoms with van der Waals surface area (Å²) < 4.78 is 6.20. The van der Waals surface area contributed by atoms with Gasteiger partial charge in [0.25, 0.3) is 0 Å². The molecule has 2 fully saturated rings. The van der Waals surface area contributed by atoms with Crippen molar-refractivity contribution in [2.24, 2.45) is 5.73 Å². The highest BCUT2D eigenvalue weighted by Crippen LogP contribution is 2.35. The van der Waals surface area contributed by atoms with Crippen LogP contribution < -0.4 is 5.73 Å². The lowest BCUT2D eigenvalue weighted by Gasteiger charge is -2.56. The molecule has 1 atom stereocenters. The lowest BCUT2D eigenvalue weighted by atomic mass is 9.84. The quantitative estimate of drug-likeness (QED) is 0.820. The number of ether oxygens (including phenoxy) is 1. The number of hydrogen-bond acceptors (Lipinski definition) is 4. The lowest BCUT2D eigenvalue weighted by molar-refractivity contribution is -0.203. The maximum Gasteiger partial charge on any atom is 0.0761 e. The van der Waals surface area contributed by atoms with Crippen molar-refractivity contribution in [1.82, 2.24) is 9.80 Å². The standard InChI is InChI=1S/C15H31N3O/c1-13(2)10-18(11-14(3,4)19-13)15(9-16)7-6-8-17(5)12-15/h6-12,16H2,1-5H3. The van der Waals surface area contributed by atoms with E-state index < -0.39 is 0 Å². The number of rotatable bonds is 2. The number of morpholine rings is 1. The molecule has 2 saturated heterocycles. The van der Waals surface area contributed by atoms with Gasteiger partial charge in [-0.2, -0.15) is 0 Å². The average molecular weight is 269 g/mol. The molecule has 0 radical (unpaired) electrons. The topological polar surface area (TPSA) is 41.7 Å². The third-order valence-corrected chi connectivity index (χ3v) is 4.49. The van der Waals surface area contributed by atoms with Crippen LogP contribution >= 0.6 is 0 Å². The van der Waals surface area contributed by atoms with Crippen molar-refractivity contribution < 1.29 is 4.74 Å². The molecule has 0 aromatic heterocycles. The van der Waals surface area contributed by atoms with Gasteiger partial charge in [0.2, 0.25) is 0 Å². The van der Waals surface area contributed by atoms with Gasteiger partial charge in [-0.15, -0.1) is 0 Å². The number of likely N-dealkylation sites (tertiary alicyclic amines) is 1. The van der Waals surface area contributed by atoms with E-state index in [0.29, 0.717) is 0 Å². The van der Waals surface area contributed by atoms with Crippen LogP contribution in [0.15, 0.2) is 0 Å². The van der Waals surface area contributed by atoms with E-state index in [2.05, 4.69) is 44.5 Å². The third-order valence-electron chi connectivity index (χ3n) is 4.49. The normalized spacial score (nSPS) is 36.3. The molecule has 2 heterocycles. The highest BCUT2D eigenvalue weighted by molar-refractivity contribution is 5.02. The van der Waals surface area contributed by atoms with E-state index in [-0.39, 0.29) is 16.7 Å². The van der Waals surface area contributed by atoms with Gasteiger partial charge in [0.1, 0.15) is 0 Å². The zero-order valence-electron chi connectivity index (χ0n) is 13.3. The first-order valence-corrected chi connectivity index (χ1v) is 7.52. The minimum Gasteiger partial charge on any atom is -0.367 e. The van der Waals surface area contributed by atoms with Crippen molar-refractivity contribution >= 4 is 0 Å². The van der Waals surface area contributed by atoms with Crippen LogP contribution in [0.2, 0.25) is 0 Å². The molecule has 0 saturated carbocycles. The maximum atomic E-state index is 6.20. The second-order valence-corrected chi connectivity index (χ2v) is 7.75. The molecule has 4 nitrogen and oxygen atoms in total. The molecule has 19 heavy (non-hydrogen) atoms. The Morgan fingerprint density at radius 3 is 2.11 bits per heavy atom. The van der Waals surface area contributed by atoms with Gasteiger partial charge in [-0.3, -0.25) is 4.90 Å². The molecule has 0 aromatic rings. The minimum absolute atomic E-state index is 0.0973. The first-order chi connectivity index (χ1) is 8.68. The van der Waals surface area contributed by atoms with Crippen LogP contribution in [0.25, 0.3) is 0 Å². The van der Waals surface area contributed by atoms with Crippen molar-refractivity contribution in [3.63, 3.8) is 0 Å². The maximum absolute atomic E-state index is 6.20. The highest BCUT2D eigenvalue weighted by atomic mass is 16.5. The smallest absolute Gasteiger partial charge is 0.0761 e. The van der Waals surface area contributed by atoms with Crippen LogP contribution in [0.4, 0.5) is 0 Å². The van der Waals surface area contributed by atoms with Crippen molar-refractivity contribution in [1.29, 1.82) is 0 Å². The molecular formula is C15H31N3O. The average Bonchev–Trinajstić information content (AvgIpc) is 2.24. The summed E-state index contributed by atoms with van der Waals surface area (Å²) in [6.45, 7) is 13.7. The molecule has 0 spiro atoms. The molecule has 0 bridgehead atoms. The Bertz CT molecular complexity index is 313. The summed E-state index contributed by atoms with van der Waals surface area (Å²) >= 11 is 0. The zero-order chi connectivity index (χ0) is 14.3. The zero-order valence-corrected chi connectivity index (χ0v) is 13.3. The Balaban J connectivity index is 2.22. The van der Waals surface area contributed by atoms with Gasteiger partial charge >= 0.3 is 0 Å². The van der Waals surface area contributed by atoms with Crippen LogP contribution in [-0.4, -0.2) is 66.3 Å². The molecule has 2 rings (SSSR count). The number of piperidine rings is 1. The molecular weight excluding hydrogens is 238 g/mol. The Morgan fingerprint density at radius 2 is 1.63 bits per heavy atom. The fourth-order valence-electron chi connectivity index (χ4n) is 4.02. The van der Waals surface area contributed by atoms with E-state index in [9.17, 15) is 0 Å². The van der Waals surface area contributed by atoms with Gasteiger partial charge in [0, 0.05) is 31.7 Å². The number of hydrogen-bond donors (Lipinski definition) is 1. The number of nitrogens with two attached hydrogens (primary N) is 1. The fraction of sp³-hybridized carbons (Fsp3) is 1.00. The van der Waals surface area contributed by atoms with E-state index in [1.165, 1.54) is 19.4 Å². The van der Waals surface area contributed by atoms with E-state index in [1.807, 2.05) is 0 Å². The van der Waals surface area contributed by atoms with Gasteiger partial charge in [-0.1, -0.05) is 0 Å². The second-order valence-electron chi connectivity index (χ2n) is 7.75. The largest absolute Gasteiger partial charge is 0.367 e. The van der Waals surface area contributed by atoms with Gasteiger partial charge < -0.3 is 15.4 Å². The Morgan fingerprint density at radius 1 is 1.05 bits per heavy atom. The Hall–Kier alpha value is -0.160. The van der Waals surface area contributed by atoms with E-state index >= 15 is 0 Å². The number of nitrogens with zero attached hydrogens (tertiary/aromatic N) is 2. The Kier molecular flexibility index (Phi) is 4.00.